The van der Waals surface area contributed by atoms with Crippen molar-refractivity contribution < 1.29 is 14.3 Å². The Labute approximate surface area is 105 Å². The zero-order valence-corrected chi connectivity index (χ0v) is 9.94. The summed E-state index contributed by atoms with van der Waals surface area (Å²) < 4.78 is 10.8. The molecule has 0 radical (unpaired) electrons. The van der Waals surface area contributed by atoms with Crippen molar-refractivity contribution >= 4 is 11.6 Å². The fourth-order valence-electron chi connectivity index (χ4n) is 3.01. The summed E-state index contributed by atoms with van der Waals surface area (Å²) in [5.41, 5.74) is 2.19. The van der Waals surface area contributed by atoms with E-state index in [4.69, 9.17) is 9.47 Å². The van der Waals surface area contributed by atoms with E-state index < -0.39 is 0 Å². The number of anilines is 1. The van der Waals surface area contributed by atoms with Crippen LogP contribution in [0.15, 0.2) is 12.1 Å². The SMILES string of the molecule is O=C1CNCC2CCc3cc4c(cc3N12)OCO4. The van der Waals surface area contributed by atoms with Crippen LogP contribution in [-0.2, 0) is 11.2 Å². The topological polar surface area (TPSA) is 50.8 Å². The summed E-state index contributed by atoms with van der Waals surface area (Å²) in [5.74, 6) is 1.70. The minimum absolute atomic E-state index is 0.145. The standard InChI is InChI=1S/C13H14N2O3/c16-13-6-14-5-9-2-1-8-3-11-12(18-7-17-11)4-10(8)15(9)13/h3-4,9,14H,1-2,5-7H2. The first kappa shape index (κ1) is 10.2. The molecule has 4 rings (SSSR count). The predicted octanol–water partition coefficient (Wildman–Crippen LogP) is 0.666. The summed E-state index contributed by atoms with van der Waals surface area (Å²) in [6.45, 7) is 1.57. The molecule has 1 aromatic carbocycles. The number of carbonyl (C=O) groups is 1. The van der Waals surface area contributed by atoms with Crippen molar-refractivity contribution in [1.29, 1.82) is 0 Å². The Hall–Kier alpha value is -1.75. The second kappa shape index (κ2) is 3.62. The highest BCUT2D eigenvalue weighted by atomic mass is 16.7. The minimum atomic E-state index is 0.145. The van der Waals surface area contributed by atoms with Crippen LogP contribution >= 0.6 is 0 Å². The summed E-state index contributed by atoms with van der Waals surface area (Å²) in [6, 6.07) is 4.25. The van der Waals surface area contributed by atoms with Gasteiger partial charge in [0.1, 0.15) is 0 Å². The second-order valence-electron chi connectivity index (χ2n) is 4.92. The molecule has 94 valence electrons. The predicted molar refractivity (Wildman–Crippen MR) is 65.0 cm³/mol. The van der Waals surface area contributed by atoms with Gasteiger partial charge < -0.3 is 19.7 Å². The lowest BCUT2D eigenvalue weighted by atomic mass is 9.94. The number of hydrogen-bond donors (Lipinski definition) is 1. The molecule has 1 saturated heterocycles. The van der Waals surface area contributed by atoms with Crippen molar-refractivity contribution in [3.63, 3.8) is 0 Å². The van der Waals surface area contributed by atoms with Gasteiger partial charge in [-0.05, 0) is 24.5 Å². The highest BCUT2D eigenvalue weighted by Gasteiger charge is 2.35. The maximum Gasteiger partial charge on any atom is 0.241 e. The molecule has 3 heterocycles. The van der Waals surface area contributed by atoms with Gasteiger partial charge in [0, 0.05) is 18.7 Å². The maximum atomic E-state index is 12.1. The lowest BCUT2D eigenvalue weighted by Gasteiger charge is -2.40. The van der Waals surface area contributed by atoms with Crippen LogP contribution < -0.4 is 19.7 Å². The van der Waals surface area contributed by atoms with Crippen LogP contribution in [0.3, 0.4) is 0 Å². The fraction of sp³-hybridized carbons (Fsp3) is 0.462. The van der Waals surface area contributed by atoms with Gasteiger partial charge in [-0.3, -0.25) is 4.79 Å². The quantitative estimate of drug-likeness (QED) is 0.731. The van der Waals surface area contributed by atoms with Gasteiger partial charge in [-0.2, -0.15) is 0 Å². The van der Waals surface area contributed by atoms with Gasteiger partial charge in [0.2, 0.25) is 12.7 Å². The Morgan fingerprint density at radius 1 is 1.28 bits per heavy atom. The summed E-state index contributed by atoms with van der Waals surface area (Å²) >= 11 is 0. The molecule has 5 heteroatoms. The van der Waals surface area contributed by atoms with Crippen LogP contribution in [0.5, 0.6) is 11.5 Å². The van der Waals surface area contributed by atoms with Crippen molar-refractivity contribution in [2.45, 2.75) is 18.9 Å². The van der Waals surface area contributed by atoms with Crippen LogP contribution in [0.2, 0.25) is 0 Å². The first-order valence-electron chi connectivity index (χ1n) is 6.28. The number of carbonyl (C=O) groups excluding carboxylic acids is 1. The number of nitrogens with one attached hydrogen (secondary N) is 1. The molecular weight excluding hydrogens is 232 g/mol. The summed E-state index contributed by atoms with van der Waals surface area (Å²) in [4.78, 5) is 14.0. The minimum Gasteiger partial charge on any atom is -0.454 e. The second-order valence-corrected chi connectivity index (χ2v) is 4.92. The lowest BCUT2D eigenvalue weighted by molar-refractivity contribution is -0.119. The Morgan fingerprint density at radius 2 is 2.11 bits per heavy atom. The number of benzene rings is 1. The van der Waals surface area contributed by atoms with Crippen LogP contribution in [0.25, 0.3) is 0 Å². The third-order valence-electron chi connectivity index (χ3n) is 3.87. The molecule has 5 nitrogen and oxygen atoms in total. The smallest absolute Gasteiger partial charge is 0.241 e. The van der Waals surface area contributed by atoms with Crippen molar-refractivity contribution in [2.75, 3.05) is 24.8 Å². The van der Waals surface area contributed by atoms with Crippen LogP contribution in [0.1, 0.15) is 12.0 Å². The number of aryl methyl sites for hydroxylation is 1. The van der Waals surface area contributed by atoms with Gasteiger partial charge >= 0.3 is 0 Å². The van der Waals surface area contributed by atoms with E-state index in [1.807, 2.05) is 17.0 Å². The van der Waals surface area contributed by atoms with Crippen molar-refractivity contribution in [3.8, 4) is 11.5 Å². The van der Waals surface area contributed by atoms with E-state index in [0.29, 0.717) is 6.54 Å². The van der Waals surface area contributed by atoms with Crippen molar-refractivity contribution in [2.24, 2.45) is 0 Å². The zero-order chi connectivity index (χ0) is 12.1. The van der Waals surface area contributed by atoms with E-state index in [0.717, 1.165) is 36.6 Å². The number of nitrogens with zero attached hydrogens (tertiary/aromatic N) is 1. The third-order valence-corrected chi connectivity index (χ3v) is 3.87. The first-order chi connectivity index (χ1) is 8.83. The van der Waals surface area contributed by atoms with Crippen LogP contribution in [0.4, 0.5) is 5.69 Å². The third kappa shape index (κ3) is 1.34. The van der Waals surface area contributed by atoms with E-state index >= 15 is 0 Å². The molecule has 3 aliphatic rings. The lowest BCUT2D eigenvalue weighted by Crippen LogP contribution is -2.56. The number of hydrogen-bond acceptors (Lipinski definition) is 4. The van der Waals surface area contributed by atoms with E-state index in [2.05, 4.69) is 5.32 Å². The van der Waals surface area contributed by atoms with Crippen LogP contribution in [-0.4, -0.2) is 31.8 Å². The van der Waals surface area contributed by atoms with E-state index in [1.54, 1.807) is 0 Å². The van der Waals surface area contributed by atoms with Gasteiger partial charge in [-0.25, -0.2) is 0 Å². The maximum absolute atomic E-state index is 12.1. The molecule has 1 fully saturated rings. The number of amides is 1. The number of fused-ring (bicyclic) bond motifs is 4. The molecule has 3 aliphatic heterocycles. The van der Waals surface area contributed by atoms with Gasteiger partial charge in [0.25, 0.3) is 0 Å². The largest absolute Gasteiger partial charge is 0.454 e. The molecule has 0 spiro atoms. The molecule has 1 N–H and O–H groups in total. The molecule has 0 aliphatic carbocycles. The molecule has 0 aromatic heterocycles. The number of ether oxygens (including phenoxy) is 2. The van der Waals surface area contributed by atoms with Gasteiger partial charge in [0.15, 0.2) is 11.5 Å². The molecule has 1 unspecified atom stereocenters. The van der Waals surface area contributed by atoms with Crippen LogP contribution in [0, 0.1) is 0 Å². The Balaban J connectivity index is 1.83. The first-order valence-corrected chi connectivity index (χ1v) is 6.28. The van der Waals surface area contributed by atoms with Gasteiger partial charge in [-0.15, -0.1) is 0 Å². The molecule has 0 bridgehead atoms. The van der Waals surface area contributed by atoms with E-state index in [-0.39, 0.29) is 18.7 Å². The monoisotopic (exact) mass is 246 g/mol. The summed E-state index contributed by atoms with van der Waals surface area (Å²) in [6.07, 6.45) is 1.99. The van der Waals surface area contributed by atoms with E-state index in [9.17, 15) is 4.79 Å². The van der Waals surface area contributed by atoms with Gasteiger partial charge in [-0.1, -0.05) is 0 Å². The van der Waals surface area contributed by atoms with Crippen molar-refractivity contribution in [3.05, 3.63) is 17.7 Å². The highest BCUT2D eigenvalue weighted by molar-refractivity contribution is 5.97. The highest BCUT2D eigenvalue weighted by Crippen LogP contribution is 2.42. The average Bonchev–Trinajstić information content (AvgIpc) is 2.83. The van der Waals surface area contributed by atoms with Crippen molar-refractivity contribution in [1.82, 2.24) is 5.32 Å². The normalized spacial score (nSPS) is 24.8. The molecule has 1 atom stereocenters. The number of rotatable bonds is 0. The summed E-state index contributed by atoms with van der Waals surface area (Å²) in [5, 5.41) is 3.17. The Bertz CT molecular complexity index is 529. The molecular formula is C13H14N2O3. The summed E-state index contributed by atoms with van der Waals surface area (Å²) in [7, 11) is 0. The Morgan fingerprint density at radius 3 is 3.00 bits per heavy atom. The molecule has 1 amide bonds. The molecule has 0 saturated carbocycles. The Kier molecular flexibility index (Phi) is 2.05. The van der Waals surface area contributed by atoms with Gasteiger partial charge in [0.05, 0.1) is 12.2 Å². The molecule has 1 aromatic rings. The average molecular weight is 246 g/mol. The van der Waals surface area contributed by atoms with E-state index in [1.165, 1.54) is 5.56 Å². The number of piperazine rings is 1. The molecule has 18 heavy (non-hydrogen) atoms. The fourth-order valence-corrected chi connectivity index (χ4v) is 3.01. The zero-order valence-electron chi connectivity index (χ0n) is 9.94.